The summed E-state index contributed by atoms with van der Waals surface area (Å²) in [5.74, 6) is 3.01. The Morgan fingerprint density at radius 2 is 1.93 bits per heavy atom. The highest BCUT2D eigenvalue weighted by atomic mass is 127. The fraction of sp³-hybridized carbons (Fsp3) is 0.435. The molecule has 2 aromatic carbocycles. The van der Waals surface area contributed by atoms with Crippen molar-refractivity contribution in [3.63, 3.8) is 0 Å². The van der Waals surface area contributed by atoms with E-state index in [4.69, 9.17) is 18.9 Å². The van der Waals surface area contributed by atoms with Gasteiger partial charge in [-0.15, -0.1) is 0 Å². The molecule has 2 aliphatic rings. The van der Waals surface area contributed by atoms with Gasteiger partial charge in [-0.25, -0.2) is 0 Å². The van der Waals surface area contributed by atoms with Gasteiger partial charge >= 0.3 is 0 Å². The van der Waals surface area contributed by atoms with Crippen molar-refractivity contribution in [3.8, 4) is 23.0 Å². The molecule has 4 rings (SSSR count). The van der Waals surface area contributed by atoms with Gasteiger partial charge in [0, 0.05) is 18.4 Å². The van der Waals surface area contributed by atoms with E-state index < -0.39 is 0 Å². The van der Waals surface area contributed by atoms with Crippen molar-refractivity contribution in [1.82, 2.24) is 0 Å². The monoisotopic (exact) mass is 525 g/mol. The lowest BCUT2D eigenvalue weighted by molar-refractivity contribution is -0.922. The molecule has 0 amide bonds. The highest BCUT2D eigenvalue weighted by Crippen LogP contribution is 2.51. The maximum Gasteiger partial charge on any atom is 0.231 e. The van der Waals surface area contributed by atoms with E-state index in [-0.39, 0.29) is 42.6 Å². The molecule has 0 saturated heterocycles. The number of carbonyl (C=O) groups is 1. The zero-order valence-corrected chi connectivity index (χ0v) is 20.0. The molecule has 2 heterocycles. The number of ether oxygens (including phenoxy) is 4. The summed E-state index contributed by atoms with van der Waals surface area (Å²) in [6.07, 6.45) is 1.68. The first kappa shape index (κ1) is 22.7. The molecule has 0 aliphatic carbocycles. The summed E-state index contributed by atoms with van der Waals surface area (Å²) in [6.45, 7) is 1.15. The number of Topliss-reactive ketones (excluding diaryl/α,β-unsaturated/α-hetero) is 1. The van der Waals surface area contributed by atoms with Crippen LogP contribution in [0.15, 0.2) is 30.3 Å². The minimum atomic E-state index is -0.00888. The predicted molar refractivity (Wildman–Crippen MR) is 109 cm³/mol. The number of halogens is 1. The van der Waals surface area contributed by atoms with Crippen LogP contribution in [0.5, 0.6) is 23.0 Å². The summed E-state index contributed by atoms with van der Waals surface area (Å²) in [7, 11) is 7.64. The van der Waals surface area contributed by atoms with Gasteiger partial charge in [-0.2, -0.15) is 0 Å². The fourth-order valence-corrected chi connectivity index (χ4v) is 4.46. The van der Waals surface area contributed by atoms with Crippen LogP contribution in [-0.4, -0.2) is 51.9 Å². The minimum absolute atomic E-state index is 0. The third-order valence-corrected chi connectivity index (χ3v) is 6.08. The Kier molecular flexibility index (Phi) is 6.81. The van der Waals surface area contributed by atoms with Crippen molar-refractivity contribution in [2.75, 3.05) is 41.7 Å². The fourth-order valence-electron chi connectivity index (χ4n) is 4.46. The molecule has 0 spiro atoms. The molecule has 0 aromatic heterocycles. The van der Waals surface area contributed by atoms with Crippen LogP contribution in [0.3, 0.4) is 0 Å². The second kappa shape index (κ2) is 9.01. The molecule has 7 heteroatoms. The zero-order chi connectivity index (χ0) is 20.6. The maximum absolute atomic E-state index is 13.1. The first-order chi connectivity index (χ1) is 13.9. The minimum Gasteiger partial charge on any atom is -1.00 e. The summed E-state index contributed by atoms with van der Waals surface area (Å²) >= 11 is 0. The van der Waals surface area contributed by atoms with Crippen molar-refractivity contribution >= 4 is 5.78 Å². The van der Waals surface area contributed by atoms with E-state index in [1.54, 1.807) is 14.2 Å². The van der Waals surface area contributed by atoms with Gasteiger partial charge in [0.1, 0.15) is 17.6 Å². The van der Waals surface area contributed by atoms with Crippen LogP contribution in [0, 0.1) is 0 Å². The van der Waals surface area contributed by atoms with Crippen LogP contribution in [0.1, 0.15) is 29.2 Å². The van der Waals surface area contributed by atoms with E-state index >= 15 is 0 Å². The number of hydrogen-bond donors (Lipinski definition) is 0. The Morgan fingerprint density at radius 1 is 1.17 bits per heavy atom. The van der Waals surface area contributed by atoms with Gasteiger partial charge < -0.3 is 47.4 Å². The molecule has 0 saturated carbocycles. The van der Waals surface area contributed by atoms with Crippen molar-refractivity contribution in [2.24, 2.45) is 0 Å². The number of nitrogens with zero attached hydrogens (tertiary/aromatic N) is 1. The molecule has 0 bridgehead atoms. The number of hydrogen-bond acceptors (Lipinski definition) is 5. The van der Waals surface area contributed by atoms with Crippen LogP contribution in [0.2, 0.25) is 0 Å². The highest BCUT2D eigenvalue weighted by molar-refractivity contribution is 5.82. The molecular formula is C23H28INO5. The number of quaternary nitrogens is 1. The number of carbonyl (C=O) groups excluding carboxylic acids is 1. The van der Waals surface area contributed by atoms with Gasteiger partial charge in [0.05, 0.1) is 46.8 Å². The number of benzene rings is 2. The summed E-state index contributed by atoms with van der Waals surface area (Å²) < 4.78 is 23.2. The third-order valence-electron chi connectivity index (χ3n) is 6.08. The first-order valence-electron chi connectivity index (χ1n) is 9.90. The number of ketones is 1. The lowest BCUT2D eigenvalue weighted by atomic mass is 9.86. The van der Waals surface area contributed by atoms with E-state index in [1.165, 1.54) is 5.56 Å². The molecule has 1 unspecified atom stereocenters. The van der Waals surface area contributed by atoms with Gasteiger partial charge in [-0.3, -0.25) is 4.79 Å². The van der Waals surface area contributed by atoms with Crippen LogP contribution in [0.25, 0.3) is 0 Å². The quantitative estimate of drug-likeness (QED) is 0.402. The van der Waals surface area contributed by atoms with Gasteiger partial charge in [0.2, 0.25) is 12.5 Å². The SMILES string of the molecule is COc1ccccc1CC(=O)CC1c2c(cc3c(c2OC)OCO3)CC[N+]1(C)C.[I-]. The Labute approximate surface area is 194 Å². The van der Waals surface area contributed by atoms with Gasteiger partial charge in [0.15, 0.2) is 11.5 Å². The molecule has 0 N–H and O–H groups in total. The second-order valence-electron chi connectivity index (χ2n) is 8.22. The lowest BCUT2D eigenvalue weighted by Gasteiger charge is -2.43. The summed E-state index contributed by atoms with van der Waals surface area (Å²) in [6, 6.07) is 9.73. The Morgan fingerprint density at radius 3 is 2.67 bits per heavy atom. The lowest BCUT2D eigenvalue weighted by Crippen LogP contribution is -3.00. The molecule has 6 nitrogen and oxygen atoms in total. The van der Waals surface area contributed by atoms with E-state index in [1.807, 2.05) is 24.3 Å². The highest BCUT2D eigenvalue weighted by Gasteiger charge is 2.42. The maximum atomic E-state index is 13.1. The van der Waals surface area contributed by atoms with E-state index in [2.05, 4.69) is 20.2 Å². The van der Waals surface area contributed by atoms with Crippen LogP contribution < -0.4 is 42.9 Å². The van der Waals surface area contributed by atoms with Crippen LogP contribution >= 0.6 is 0 Å². The molecule has 2 aromatic rings. The number of rotatable bonds is 6. The number of fused-ring (bicyclic) bond motifs is 2. The Bertz CT molecular complexity index is 943. The van der Waals surface area contributed by atoms with E-state index in [0.717, 1.165) is 40.1 Å². The second-order valence-corrected chi connectivity index (χ2v) is 8.22. The first-order valence-corrected chi connectivity index (χ1v) is 9.90. The topological polar surface area (TPSA) is 54.0 Å². The number of para-hydroxylation sites is 1. The average Bonchev–Trinajstić information content (AvgIpc) is 3.17. The number of methoxy groups -OCH3 is 2. The van der Waals surface area contributed by atoms with E-state index in [9.17, 15) is 4.79 Å². The van der Waals surface area contributed by atoms with Crippen molar-refractivity contribution < 1.29 is 52.2 Å². The Balaban J connectivity index is 0.00000256. The van der Waals surface area contributed by atoms with E-state index in [0.29, 0.717) is 24.3 Å². The number of likely N-dealkylation sites (N-methyl/N-ethyl adjacent to an activating group) is 1. The molecular weight excluding hydrogens is 497 g/mol. The molecule has 162 valence electrons. The van der Waals surface area contributed by atoms with Gasteiger partial charge in [0.25, 0.3) is 0 Å². The van der Waals surface area contributed by atoms with Crippen molar-refractivity contribution in [3.05, 3.63) is 47.0 Å². The molecule has 30 heavy (non-hydrogen) atoms. The normalized spacial score (nSPS) is 18.2. The predicted octanol–water partition coefficient (Wildman–Crippen LogP) is 0.312. The summed E-state index contributed by atoms with van der Waals surface area (Å²) in [4.78, 5) is 13.1. The summed E-state index contributed by atoms with van der Waals surface area (Å²) in [5.41, 5.74) is 3.17. The molecule has 1 atom stereocenters. The molecule has 0 fully saturated rings. The van der Waals surface area contributed by atoms with Crippen molar-refractivity contribution in [1.29, 1.82) is 0 Å². The summed E-state index contributed by atoms with van der Waals surface area (Å²) in [5, 5.41) is 0. The zero-order valence-electron chi connectivity index (χ0n) is 17.9. The standard InChI is InChI=1S/C23H28NO5.HI/c1-24(2)10-9-16-12-20-22(29-14-28-20)23(27-4)21(16)18(24)13-17(25)11-15-7-5-6-8-19(15)26-3;/h5-8,12,18H,9-11,13-14H2,1-4H3;1H/q+1;/p-1. The van der Waals surface area contributed by atoms with Crippen LogP contribution in [0.4, 0.5) is 0 Å². The largest absolute Gasteiger partial charge is 1.00 e. The van der Waals surface area contributed by atoms with Gasteiger partial charge in [-0.1, -0.05) is 18.2 Å². The van der Waals surface area contributed by atoms with Crippen molar-refractivity contribution in [2.45, 2.75) is 25.3 Å². The smallest absolute Gasteiger partial charge is 0.231 e. The van der Waals surface area contributed by atoms with Gasteiger partial charge in [-0.05, 0) is 17.7 Å². The Hall–Kier alpha value is -2.00. The van der Waals surface area contributed by atoms with Crippen LogP contribution in [-0.2, 0) is 17.6 Å². The molecule has 0 radical (unpaired) electrons. The average molecular weight is 525 g/mol. The third kappa shape index (κ3) is 4.09. The molecule has 2 aliphatic heterocycles.